The molecule has 0 radical (unpaired) electrons. The van der Waals surface area contributed by atoms with E-state index in [0.717, 1.165) is 9.13 Å². The second-order valence-electron chi connectivity index (χ2n) is 2.78. The first-order valence-electron chi connectivity index (χ1n) is 3.89. The van der Waals surface area contributed by atoms with E-state index in [1.54, 1.807) is 12.1 Å². The topological polar surface area (TPSA) is 26.0 Å². The normalized spacial score (nSPS) is 12.4. The van der Waals surface area contributed by atoms with E-state index in [0.29, 0.717) is 0 Å². The molecule has 0 aromatic heterocycles. The van der Waals surface area contributed by atoms with E-state index in [2.05, 4.69) is 22.6 Å². The molecule has 0 amide bonds. The third-order valence-corrected chi connectivity index (χ3v) is 2.45. The minimum Gasteiger partial charge on any atom is -0.324 e. The lowest BCUT2D eigenvalue weighted by Crippen LogP contribution is -2.13. The Kier molecular flexibility index (Phi) is 6.55. The molecule has 14 heavy (non-hydrogen) atoms. The van der Waals surface area contributed by atoms with E-state index in [1.165, 1.54) is 0 Å². The fourth-order valence-corrected chi connectivity index (χ4v) is 1.40. The largest absolute Gasteiger partial charge is 0.324 e. The molecular weight excluding hydrogens is 322 g/mol. The Morgan fingerprint density at radius 2 is 1.71 bits per heavy atom. The highest BCUT2D eigenvalue weighted by Crippen LogP contribution is 2.18. The minimum absolute atomic E-state index is 0. The quantitative estimate of drug-likeness (QED) is 0.843. The molecule has 0 bridgehead atoms. The van der Waals surface area contributed by atoms with Crippen molar-refractivity contribution in [2.24, 2.45) is 5.73 Å². The average Bonchev–Trinajstić information content (AvgIpc) is 2.04. The molecule has 0 aliphatic carbocycles. The predicted octanol–water partition coefficient (Wildman–Crippen LogP) is 3.37. The van der Waals surface area contributed by atoms with Crippen molar-refractivity contribution in [3.63, 3.8) is 0 Å². The number of halogens is 4. The molecule has 0 saturated carbocycles. The van der Waals surface area contributed by atoms with E-state index in [1.807, 2.05) is 12.1 Å². The second kappa shape index (κ2) is 6.53. The first-order valence-corrected chi connectivity index (χ1v) is 4.96. The van der Waals surface area contributed by atoms with Crippen molar-refractivity contribution in [2.45, 2.75) is 18.9 Å². The third kappa shape index (κ3) is 4.52. The molecule has 1 aromatic rings. The number of rotatable bonds is 3. The summed E-state index contributed by atoms with van der Waals surface area (Å²) in [6, 6.07) is 6.74. The van der Waals surface area contributed by atoms with Gasteiger partial charge in [-0.05, 0) is 40.3 Å². The van der Waals surface area contributed by atoms with Crippen LogP contribution in [0.2, 0.25) is 0 Å². The van der Waals surface area contributed by atoms with Crippen LogP contribution in [0.4, 0.5) is 8.78 Å². The van der Waals surface area contributed by atoms with E-state index in [4.69, 9.17) is 5.73 Å². The van der Waals surface area contributed by atoms with Crippen LogP contribution in [-0.4, -0.2) is 6.43 Å². The van der Waals surface area contributed by atoms with E-state index < -0.39 is 12.5 Å². The van der Waals surface area contributed by atoms with Gasteiger partial charge in [-0.15, -0.1) is 12.4 Å². The highest BCUT2D eigenvalue weighted by Gasteiger charge is 2.12. The maximum Gasteiger partial charge on any atom is 0.240 e. The van der Waals surface area contributed by atoms with Crippen molar-refractivity contribution in [3.8, 4) is 0 Å². The molecule has 0 spiro atoms. The molecule has 2 N–H and O–H groups in total. The zero-order valence-corrected chi connectivity index (χ0v) is 10.3. The summed E-state index contributed by atoms with van der Waals surface area (Å²) in [6.45, 7) is 0. The minimum atomic E-state index is -2.34. The van der Waals surface area contributed by atoms with Crippen molar-refractivity contribution < 1.29 is 8.78 Å². The van der Waals surface area contributed by atoms with Crippen LogP contribution in [0.3, 0.4) is 0 Å². The Morgan fingerprint density at radius 1 is 1.21 bits per heavy atom. The van der Waals surface area contributed by atoms with Gasteiger partial charge >= 0.3 is 0 Å². The van der Waals surface area contributed by atoms with Crippen LogP contribution in [0.1, 0.15) is 18.0 Å². The number of hydrogen-bond acceptors (Lipinski definition) is 1. The van der Waals surface area contributed by atoms with Gasteiger partial charge in [0.2, 0.25) is 6.43 Å². The van der Waals surface area contributed by atoms with Crippen LogP contribution in [0, 0.1) is 3.57 Å². The zero-order valence-electron chi connectivity index (χ0n) is 7.29. The van der Waals surface area contributed by atoms with Gasteiger partial charge in [0.05, 0.1) is 0 Å². The lowest BCUT2D eigenvalue weighted by atomic mass is 10.1. The molecule has 0 heterocycles. The SMILES string of the molecule is Cl.N[C@H](CC(F)F)c1ccc(I)cc1. The Balaban J connectivity index is 0.00000169. The second-order valence-corrected chi connectivity index (χ2v) is 4.03. The predicted molar refractivity (Wildman–Crippen MR) is 64.0 cm³/mol. The van der Waals surface area contributed by atoms with Gasteiger partial charge in [-0.1, -0.05) is 12.1 Å². The number of benzene rings is 1. The van der Waals surface area contributed by atoms with Crippen molar-refractivity contribution in [1.82, 2.24) is 0 Å². The molecule has 1 nitrogen and oxygen atoms in total. The molecule has 80 valence electrons. The van der Waals surface area contributed by atoms with Gasteiger partial charge < -0.3 is 5.73 Å². The smallest absolute Gasteiger partial charge is 0.240 e. The number of alkyl halides is 2. The van der Waals surface area contributed by atoms with Crippen molar-refractivity contribution in [3.05, 3.63) is 33.4 Å². The molecule has 0 aliphatic heterocycles. The van der Waals surface area contributed by atoms with Crippen LogP contribution < -0.4 is 5.73 Å². The molecule has 0 fully saturated rings. The van der Waals surface area contributed by atoms with Crippen LogP contribution in [0.5, 0.6) is 0 Å². The van der Waals surface area contributed by atoms with Crippen molar-refractivity contribution >= 4 is 35.0 Å². The molecule has 0 unspecified atom stereocenters. The third-order valence-electron chi connectivity index (χ3n) is 1.73. The number of nitrogens with two attached hydrogens (primary N) is 1. The molecule has 0 aliphatic rings. The lowest BCUT2D eigenvalue weighted by molar-refractivity contribution is 0.128. The van der Waals surface area contributed by atoms with Gasteiger partial charge in [-0.2, -0.15) is 0 Å². The van der Waals surface area contributed by atoms with E-state index in [9.17, 15) is 8.78 Å². The first-order chi connectivity index (χ1) is 6.09. The Hall–Kier alpha value is 0.0600. The molecule has 5 heteroatoms. The van der Waals surface area contributed by atoms with Crippen molar-refractivity contribution in [2.75, 3.05) is 0 Å². The van der Waals surface area contributed by atoms with Crippen LogP contribution in [-0.2, 0) is 0 Å². The summed E-state index contributed by atoms with van der Waals surface area (Å²) in [6.07, 6.45) is -2.62. The first kappa shape index (κ1) is 14.1. The summed E-state index contributed by atoms with van der Waals surface area (Å²) < 4.78 is 25.0. The summed E-state index contributed by atoms with van der Waals surface area (Å²) >= 11 is 2.16. The number of hydrogen-bond donors (Lipinski definition) is 1. The maximum absolute atomic E-state index is 12.0. The molecule has 1 atom stereocenters. The monoisotopic (exact) mass is 333 g/mol. The van der Waals surface area contributed by atoms with Gasteiger partial charge in [-0.3, -0.25) is 0 Å². The van der Waals surface area contributed by atoms with Crippen LogP contribution in [0.25, 0.3) is 0 Å². The van der Waals surface area contributed by atoms with Crippen LogP contribution in [0.15, 0.2) is 24.3 Å². The van der Waals surface area contributed by atoms with Gasteiger partial charge in [0.25, 0.3) is 0 Å². The van der Waals surface area contributed by atoms with E-state index >= 15 is 0 Å². The maximum atomic E-state index is 12.0. The molecule has 1 aromatic carbocycles. The fourth-order valence-electron chi connectivity index (χ4n) is 1.04. The van der Waals surface area contributed by atoms with Gasteiger partial charge in [-0.25, -0.2) is 8.78 Å². The Morgan fingerprint density at radius 3 is 2.14 bits per heavy atom. The summed E-state index contributed by atoms with van der Waals surface area (Å²) in [7, 11) is 0. The summed E-state index contributed by atoms with van der Waals surface area (Å²) in [4.78, 5) is 0. The standard InChI is InChI=1S/C9H10F2IN.ClH/c10-9(11)5-8(13)6-1-3-7(12)4-2-6;/h1-4,8-9H,5,13H2;1H/t8-;/m1./s1. The highest BCUT2D eigenvalue weighted by molar-refractivity contribution is 14.1. The molecular formula is C9H11ClF2IN. The summed E-state index contributed by atoms with van der Waals surface area (Å²) in [5, 5.41) is 0. The highest BCUT2D eigenvalue weighted by atomic mass is 127. The molecule has 1 rings (SSSR count). The van der Waals surface area contributed by atoms with Crippen LogP contribution >= 0.6 is 35.0 Å². The van der Waals surface area contributed by atoms with Gasteiger partial charge in [0.1, 0.15) is 0 Å². The van der Waals surface area contributed by atoms with Gasteiger partial charge in [0.15, 0.2) is 0 Å². The van der Waals surface area contributed by atoms with Gasteiger partial charge in [0, 0.05) is 16.0 Å². The molecule has 0 saturated heterocycles. The fraction of sp³-hybridized carbons (Fsp3) is 0.333. The lowest BCUT2D eigenvalue weighted by Gasteiger charge is -2.10. The average molecular weight is 334 g/mol. The van der Waals surface area contributed by atoms with Crippen molar-refractivity contribution in [1.29, 1.82) is 0 Å². The van der Waals surface area contributed by atoms with E-state index in [-0.39, 0.29) is 18.8 Å². The summed E-state index contributed by atoms with van der Waals surface area (Å²) in [5.74, 6) is 0. The Bertz CT molecular complexity index is 266. The zero-order chi connectivity index (χ0) is 9.84. The summed E-state index contributed by atoms with van der Waals surface area (Å²) in [5.41, 5.74) is 6.33. The Labute approximate surface area is 102 Å².